The maximum Gasteiger partial charge on any atom is 0.338 e. The van der Waals surface area contributed by atoms with E-state index in [0.717, 1.165) is 32.1 Å². The molecule has 0 radical (unpaired) electrons. The monoisotopic (exact) mass is 314 g/mol. The molecule has 1 aromatic carbocycles. The van der Waals surface area contributed by atoms with Crippen LogP contribution in [-0.2, 0) is 4.74 Å². The van der Waals surface area contributed by atoms with Crippen molar-refractivity contribution in [3.05, 3.63) is 29.8 Å². The van der Waals surface area contributed by atoms with E-state index in [2.05, 4.69) is 16.6 Å². The number of anilines is 1. The third kappa shape index (κ3) is 4.49. The standard InChI is InChI=1S/C18H22N2O3/c1-3-18(12-6-5-7-13-18)20-17(22)19-15-10-8-14(9-11-15)16(21)23-4-2/h1,8-11H,4-7,12-13H2,2H3,(H2,19,20,22). The quantitative estimate of drug-likeness (QED) is 0.662. The van der Waals surface area contributed by atoms with Crippen molar-refractivity contribution in [2.24, 2.45) is 0 Å². The zero-order valence-corrected chi connectivity index (χ0v) is 13.4. The van der Waals surface area contributed by atoms with Gasteiger partial charge >= 0.3 is 12.0 Å². The number of esters is 1. The first-order chi connectivity index (χ1) is 11.1. The number of urea groups is 1. The summed E-state index contributed by atoms with van der Waals surface area (Å²) in [4.78, 5) is 23.7. The van der Waals surface area contributed by atoms with Crippen molar-refractivity contribution in [3.8, 4) is 12.3 Å². The number of carbonyl (C=O) groups is 2. The first kappa shape index (κ1) is 16.9. The molecule has 1 aliphatic carbocycles. The predicted molar refractivity (Wildman–Crippen MR) is 89.2 cm³/mol. The van der Waals surface area contributed by atoms with Crippen LogP contribution in [0.2, 0.25) is 0 Å². The fraction of sp³-hybridized carbons (Fsp3) is 0.444. The molecular weight excluding hydrogens is 292 g/mol. The molecule has 0 aliphatic heterocycles. The summed E-state index contributed by atoms with van der Waals surface area (Å²) in [5.41, 5.74) is 0.497. The number of rotatable bonds is 4. The molecular formula is C18H22N2O3. The molecule has 5 nitrogen and oxygen atoms in total. The Hall–Kier alpha value is -2.48. The zero-order chi connectivity index (χ0) is 16.7. The largest absolute Gasteiger partial charge is 0.462 e. The Labute approximate surface area is 136 Å². The molecule has 0 heterocycles. The number of ether oxygens (including phenoxy) is 1. The fourth-order valence-electron chi connectivity index (χ4n) is 2.74. The van der Waals surface area contributed by atoms with Gasteiger partial charge in [0, 0.05) is 5.69 Å². The van der Waals surface area contributed by atoms with E-state index in [1.807, 2.05) is 0 Å². The Bertz CT molecular complexity index is 596. The normalized spacial score (nSPS) is 16.0. The smallest absolute Gasteiger partial charge is 0.338 e. The summed E-state index contributed by atoms with van der Waals surface area (Å²) in [6, 6.07) is 6.23. The van der Waals surface area contributed by atoms with Crippen molar-refractivity contribution >= 4 is 17.7 Å². The van der Waals surface area contributed by atoms with Crippen molar-refractivity contribution in [1.29, 1.82) is 0 Å². The molecule has 0 unspecified atom stereocenters. The second-order valence-electron chi connectivity index (χ2n) is 5.66. The van der Waals surface area contributed by atoms with E-state index in [9.17, 15) is 9.59 Å². The summed E-state index contributed by atoms with van der Waals surface area (Å²) < 4.78 is 4.92. The van der Waals surface area contributed by atoms with Gasteiger partial charge in [-0.2, -0.15) is 0 Å². The predicted octanol–water partition coefficient (Wildman–Crippen LogP) is 3.32. The van der Waals surface area contributed by atoms with Crippen LogP contribution in [0.5, 0.6) is 0 Å². The van der Waals surface area contributed by atoms with Gasteiger partial charge in [-0.3, -0.25) is 0 Å². The maximum atomic E-state index is 12.2. The lowest BCUT2D eigenvalue weighted by atomic mass is 9.82. The van der Waals surface area contributed by atoms with Gasteiger partial charge in [-0.05, 0) is 44.0 Å². The molecule has 1 aliphatic rings. The third-order valence-corrected chi connectivity index (χ3v) is 3.99. The summed E-state index contributed by atoms with van der Waals surface area (Å²) >= 11 is 0. The highest BCUT2D eigenvalue weighted by Gasteiger charge is 2.31. The van der Waals surface area contributed by atoms with Crippen molar-refractivity contribution in [1.82, 2.24) is 5.32 Å². The topological polar surface area (TPSA) is 67.4 Å². The molecule has 5 heteroatoms. The lowest BCUT2D eigenvalue weighted by Crippen LogP contribution is -2.50. The molecule has 1 fully saturated rings. The van der Waals surface area contributed by atoms with E-state index in [-0.39, 0.29) is 12.0 Å². The molecule has 2 N–H and O–H groups in total. The van der Waals surface area contributed by atoms with Crippen LogP contribution in [-0.4, -0.2) is 24.1 Å². The number of amides is 2. The lowest BCUT2D eigenvalue weighted by molar-refractivity contribution is 0.0526. The Balaban J connectivity index is 1.95. The van der Waals surface area contributed by atoms with Crippen molar-refractivity contribution in [2.45, 2.75) is 44.6 Å². The molecule has 0 saturated heterocycles. The Morgan fingerprint density at radius 2 is 1.87 bits per heavy atom. The van der Waals surface area contributed by atoms with E-state index in [1.54, 1.807) is 31.2 Å². The average molecular weight is 314 g/mol. The van der Waals surface area contributed by atoms with Gasteiger partial charge in [0.05, 0.1) is 12.2 Å². The van der Waals surface area contributed by atoms with Crippen molar-refractivity contribution in [2.75, 3.05) is 11.9 Å². The minimum Gasteiger partial charge on any atom is -0.462 e. The minimum absolute atomic E-state index is 0.325. The van der Waals surface area contributed by atoms with E-state index < -0.39 is 5.54 Å². The van der Waals surface area contributed by atoms with E-state index in [0.29, 0.717) is 17.9 Å². The molecule has 1 saturated carbocycles. The molecule has 1 aromatic rings. The highest BCUT2D eigenvalue weighted by molar-refractivity contribution is 5.92. The number of hydrogen-bond acceptors (Lipinski definition) is 3. The van der Waals surface area contributed by atoms with Crippen LogP contribution in [0.15, 0.2) is 24.3 Å². The van der Waals surface area contributed by atoms with E-state index >= 15 is 0 Å². The van der Waals surface area contributed by atoms with Crippen LogP contribution in [0.25, 0.3) is 0 Å². The van der Waals surface area contributed by atoms with Gasteiger partial charge in [0.2, 0.25) is 0 Å². The summed E-state index contributed by atoms with van der Waals surface area (Å²) in [5, 5.41) is 5.66. The first-order valence-corrected chi connectivity index (χ1v) is 7.93. The highest BCUT2D eigenvalue weighted by atomic mass is 16.5. The van der Waals surface area contributed by atoms with Gasteiger partial charge in [-0.25, -0.2) is 9.59 Å². The second-order valence-corrected chi connectivity index (χ2v) is 5.66. The summed E-state index contributed by atoms with van der Waals surface area (Å²) in [6.07, 6.45) is 10.4. The maximum absolute atomic E-state index is 12.2. The Kier molecular flexibility index (Phi) is 5.64. The number of carbonyl (C=O) groups excluding carboxylic acids is 2. The minimum atomic E-state index is -0.548. The molecule has 0 bridgehead atoms. The van der Waals surface area contributed by atoms with Crippen molar-refractivity contribution in [3.63, 3.8) is 0 Å². The van der Waals surface area contributed by atoms with Gasteiger partial charge < -0.3 is 15.4 Å². The SMILES string of the molecule is C#CC1(NC(=O)Nc2ccc(C(=O)OCC)cc2)CCCCC1. The highest BCUT2D eigenvalue weighted by Crippen LogP contribution is 2.27. The summed E-state index contributed by atoms with van der Waals surface area (Å²) in [5.74, 6) is 2.36. The molecule has 0 spiro atoms. The van der Waals surface area contributed by atoms with Crippen LogP contribution in [0.4, 0.5) is 10.5 Å². The zero-order valence-electron chi connectivity index (χ0n) is 13.4. The van der Waals surface area contributed by atoms with Gasteiger partial charge in [0.25, 0.3) is 0 Å². The number of terminal acetylenes is 1. The molecule has 2 rings (SSSR count). The average Bonchev–Trinajstić information content (AvgIpc) is 2.56. The second kappa shape index (κ2) is 7.68. The van der Waals surface area contributed by atoms with Crippen LogP contribution in [0, 0.1) is 12.3 Å². The number of nitrogens with one attached hydrogen (secondary N) is 2. The van der Waals surface area contributed by atoms with E-state index in [1.165, 1.54) is 0 Å². The summed E-state index contributed by atoms with van der Waals surface area (Å²) in [7, 11) is 0. The number of hydrogen-bond donors (Lipinski definition) is 2. The van der Waals surface area contributed by atoms with Gasteiger partial charge in [-0.1, -0.05) is 25.2 Å². The van der Waals surface area contributed by atoms with Crippen LogP contribution < -0.4 is 10.6 Å². The summed E-state index contributed by atoms with van der Waals surface area (Å²) in [6.45, 7) is 2.08. The van der Waals surface area contributed by atoms with Crippen molar-refractivity contribution < 1.29 is 14.3 Å². The first-order valence-electron chi connectivity index (χ1n) is 7.93. The van der Waals surface area contributed by atoms with Gasteiger partial charge in [-0.15, -0.1) is 6.42 Å². The van der Waals surface area contributed by atoms with Gasteiger partial charge in [0.1, 0.15) is 5.54 Å². The molecule has 0 atom stereocenters. The number of benzene rings is 1. The van der Waals surface area contributed by atoms with Crippen LogP contribution >= 0.6 is 0 Å². The van der Waals surface area contributed by atoms with Crippen LogP contribution in [0.3, 0.4) is 0 Å². The Morgan fingerprint density at radius 1 is 1.22 bits per heavy atom. The fourth-order valence-corrected chi connectivity index (χ4v) is 2.74. The lowest BCUT2D eigenvalue weighted by Gasteiger charge is -2.33. The van der Waals surface area contributed by atoms with E-state index in [4.69, 9.17) is 11.2 Å². The molecule has 2 amide bonds. The third-order valence-electron chi connectivity index (χ3n) is 3.99. The van der Waals surface area contributed by atoms with Gasteiger partial charge in [0.15, 0.2) is 0 Å². The Morgan fingerprint density at radius 3 is 2.43 bits per heavy atom. The molecule has 122 valence electrons. The molecule has 23 heavy (non-hydrogen) atoms. The van der Waals surface area contributed by atoms with Crippen LogP contribution in [0.1, 0.15) is 49.4 Å². The molecule has 0 aromatic heterocycles.